The fourth-order valence-corrected chi connectivity index (χ4v) is 3.38. The molecule has 1 N–H and O–H groups in total. The summed E-state index contributed by atoms with van der Waals surface area (Å²) in [4.78, 5) is 37.8. The Kier molecular flexibility index (Phi) is 8.04. The number of amides is 2. The zero-order chi connectivity index (χ0) is 20.7. The molecule has 28 heavy (non-hydrogen) atoms. The van der Waals surface area contributed by atoms with E-state index in [9.17, 15) is 14.4 Å². The van der Waals surface area contributed by atoms with Crippen molar-refractivity contribution in [3.63, 3.8) is 0 Å². The minimum absolute atomic E-state index is 0.0776. The van der Waals surface area contributed by atoms with Gasteiger partial charge in [-0.3, -0.25) is 14.5 Å². The first-order chi connectivity index (χ1) is 13.4. The van der Waals surface area contributed by atoms with Gasteiger partial charge in [0.1, 0.15) is 0 Å². The van der Waals surface area contributed by atoms with Gasteiger partial charge in [-0.05, 0) is 43.5 Å². The molecule has 152 valence electrons. The van der Waals surface area contributed by atoms with Crippen LogP contribution in [0.4, 0.5) is 4.79 Å². The Morgan fingerprint density at radius 2 is 1.89 bits per heavy atom. The van der Waals surface area contributed by atoms with Crippen molar-refractivity contribution < 1.29 is 23.9 Å². The topological polar surface area (TPSA) is 84.9 Å². The third-order valence-corrected chi connectivity index (χ3v) is 5.09. The Morgan fingerprint density at radius 3 is 2.50 bits per heavy atom. The lowest BCUT2D eigenvalue weighted by atomic mass is 9.92. The molecule has 2 rings (SSSR count). The number of hydrogen-bond donors (Lipinski definition) is 1. The number of benzene rings is 1. The number of esters is 2. The lowest BCUT2D eigenvalue weighted by molar-refractivity contribution is -0.142. The van der Waals surface area contributed by atoms with Crippen LogP contribution in [-0.2, 0) is 19.1 Å². The molecule has 0 fully saturated rings. The highest BCUT2D eigenvalue weighted by molar-refractivity contribution is 9.10. The molecule has 1 heterocycles. The molecule has 0 saturated carbocycles. The highest BCUT2D eigenvalue weighted by atomic mass is 79.9. The second kappa shape index (κ2) is 10.3. The lowest BCUT2D eigenvalue weighted by Crippen LogP contribution is -2.47. The van der Waals surface area contributed by atoms with E-state index in [1.807, 2.05) is 31.2 Å². The summed E-state index contributed by atoms with van der Waals surface area (Å²) in [6, 6.07) is 6.91. The highest BCUT2D eigenvalue weighted by Gasteiger charge is 2.33. The maximum atomic E-state index is 12.7. The van der Waals surface area contributed by atoms with Crippen LogP contribution in [0.1, 0.15) is 44.7 Å². The highest BCUT2D eigenvalue weighted by Crippen LogP contribution is 2.33. The van der Waals surface area contributed by atoms with Gasteiger partial charge in [0.25, 0.3) is 0 Å². The molecule has 2 amide bonds. The van der Waals surface area contributed by atoms with Gasteiger partial charge in [-0.25, -0.2) is 4.79 Å². The SMILES string of the molecule is CCOC(=O)CC1=C(C)N(CCCC(=O)OC)C(=O)NC1c1ccc(Br)cc1. The predicted molar refractivity (Wildman–Crippen MR) is 107 cm³/mol. The van der Waals surface area contributed by atoms with Crippen LogP contribution in [0.3, 0.4) is 0 Å². The summed E-state index contributed by atoms with van der Waals surface area (Å²) in [6.45, 7) is 4.22. The molecule has 0 radical (unpaired) electrons. The van der Waals surface area contributed by atoms with Gasteiger partial charge in [0.2, 0.25) is 0 Å². The largest absolute Gasteiger partial charge is 0.469 e. The van der Waals surface area contributed by atoms with Crippen LogP contribution < -0.4 is 5.32 Å². The molecule has 1 aromatic rings. The van der Waals surface area contributed by atoms with Crippen LogP contribution in [0.15, 0.2) is 40.0 Å². The molecule has 0 spiro atoms. The lowest BCUT2D eigenvalue weighted by Gasteiger charge is -2.36. The first-order valence-electron chi connectivity index (χ1n) is 9.13. The summed E-state index contributed by atoms with van der Waals surface area (Å²) < 4.78 is 10.7. The van der Waals surface area contributed by atoms with Crippen LogP contribution in [0.5, 0.6) is 0 Å². The van der Waals surface area contributed by atoms with E-state index in [4.69, 9.17) is 4.74 Å². The fraction of sp³-hybridized carbons (Fsp3) is 0.450. The molecule has 1 atom stereocenters. The van der Waals surface area contributed by atoms with Crippen LogP contribution in [-0.4, -0.2) is 43.1 Å². The second-order valence-electron chi connectivity index (χ2n) is 6.36. The second-order valence-corrected chi connectivity index (χ2v) is 7.27. The summed E-state index contributed by atoms with van der Waals surface area (Å²) in [7, 11) is 1.33. The zero-order valence-corrected chi connectivity index (χ0v) is 17.9. The quantitative estimate of drug-likeness (QED) is 0.607. The van der Waals surface area contributed by atoms with Crippen molar-refractivity contribution in [3.05, 3.63) is 45.6 Å². The number of nitrogens with zero attached hydrogens (tertiary/aromatic N) is 1. The number of hydrogen-bond acceptors (Lipinski definition) is 5. The molecule has 0 aromatic heterocycles. The number of allylic oxidation sites excluding steroid dienone is 1. The van der Waals surface area contributed by atoms with Crippen LogP contribution in [0.2, 0.25) is 0 Å². The van der Waals surface area contributed by atoms with Crippen molar-refractivity contribution in [1.29, 1.82) is 0 Å². The van der Waals surface area contributed by atoms with Gasteiger partial charge in [-0.2, -0.15) is 0 Å². The van der Waals surface area contributed by atoms with Gasteiger partial charge < -0.3 is 14.8 Å². The van der Waals surface area contributed by atoms with Crippen LogP contribution in [0.25, 0.3) is 0 Å². The molecular formula is C20H25BrN2O5. The Labute approximate surface area is 173 Å². The third-order valence-electron chi connectivity index (χ3n) is 4.56. The van der Waals surface area contributed by atoms with Crippen molar-refractivity contribution in [3.8, 4) is 0 Å². The number of carbonyl (C=O) groups excluding carboxylic acids is 3. The molecule has 1 aliphatic heterocycles. The zero-order valence-electron chi connectivity index (χ0n) is 16.3. The molecule has 1 unspecified atom stereocenters. The van der Waals surface area contributed by atoms with Gasteiger partial charge >= 0.3 is 18.0 Å². The monoisotopic (exact) mass is 452 g/mol. The minimum atomic E-state index is -0.415. The fourth-order valence-electron chi connectivity index (χ4n) is 3.11. The molecule has 0 saturated heterocycles. The molecule has 1 aromatic carbocycles. The average Bonchev–Trinajstić information content (AvgIpc) is 2.67. The maximum Gasteiger partial charge on any atom is 0.322 e. The summed E-state index contributed by atoms with van der Waals surface area (Å²) in [5.74, 6) is -0.664. The first-order valence-corrected chi connectivity index (χ1v) is 9.92. The van der Waals surface area contributed by atoms with E-state index in [2.05, 4.69) is 26.0 Å². The number of methoxy groups -OCH3 is 1. The Hall–Kier alpha value is -2.35. The Morgan fingerprint density at radius 1 is 1.21 bits per heavy atom. The van der Waals surface area contributed by atoms with Gasteiger partial charge in [0.15, 0.2) is 0 Å². The smallest absolute Gasteiger partial charge is 0.322 e. The number of halogens is 1. The van der Waals surface area contributed by atoms with Crippen molar-refractivity contribution in [1.82, 2.24) is 10.2 Å². The van der Waals surface area contributed by atoms with Crippen LogP contribution >= 0.6 is 15.9 Å². The third kappa shape index (κ3) is 5.58. The Balaban J connectivity index is 2.30. The number of ether oxygens (including phenoxy) is 2. The van der Waals surface area contributed by atoms with E-state index in [0.29, 0.717) is 25.3 Å². The molecule has 7 nitrogen and oxygen atoms in total. The van der Waals surface area contributed by atoms with E-state index >= 15 is 0 Å². The van der Waals surface area contributed by atoms with Gasteiger partial charge in [0.05, 0.1) is 26.2 Å². The maximum absolute atomic E-state index is 12.7. The van der Waals surface area contributed by atoms with Crippen molar-refractivity contribution >= 4 is 33.9 Å². The summed E-state index contributed by atoms with van der Waals surface area (Å²) >= 11 is 3.41. The first kappa shape index (κ1) is 21.9. The number of rotatable bonds is 8. The molecule has 1 aliphatic rings. The standard InChI is InChI=1S/C20H25BrN2O5/c1-4-28-18(25)12-16-13(2)23(11-5-6-17(24)27-3)20(26)22-19(16)14-7-9-15(21)10-8-14/h7-10,19H,4-6,11-12H2,1-3H3,(H,22,26). The molecular weight excluding hydrogens is 428 g/mol. The summed E-state index contributed by atoms with van der Waals surface area (Å²) in [5.41, 5.74) is 2.36. The normalized spacial score (nSPS) is 16.6. The van der Waals surface area contributed by atoms with Gasteiger partial charge in [-0.1, -0.05) is 28.1 Å². The molecule has 0 bridgehead atoms. The molecule has 0 aliphatic carbocycles. The van der Waals surface area contributed by atoms with E-state index in [-0.39, 0.29) is 30.8 Å². The van der Waals surface area contributed by atoms with E-state index in [1.54, 1.807) is 11.8 Å². The summed E-state index contributed by atoms with van der Waals surface area (Å²) in [5, 5.41) is 2.97. The molecule has 8 heteroatoms. The minimum Gasteiger partial charge on any atom is -0.469 e. The Bertz CT molecular complexity index is 760. The van der Waals surface area contributed by atoms with E-state index in [1.165, 1.54) is 7.11 Å². The predicted octanol–water partition coefficient (Wildman–Crippen LogP) is 3.70. The number of carbonyl (C=O) groups is 3. The average molecular weight is 453 g/mol. The van der Waals surface area contributed by atoms with Crippen LogP contribution in [0, 0.1) is 0 Å². The van der Waals surface area contributed by atoms with E-state index in [0.717, 1.165) is 15.6 Å². The number of nitrogens with one attached hydrogen (secondary N) is 1. The van der Waals surface area contributed by atoms with Crippen molar-refractivity contribution in [2.45, 2.75) is 39.2 Å². The van der Waals surface area contributed by atoms with Gasteiger partial charge in [-0.15, -0.1) is 0 Å². The summed E-state index contributed by atoms with van der Waals surface area (Å²) in [6.07, 6.45) is 0.762. The van der Waals surface area contributed by atoms with E-state index < -0.39 is 6.04 Å². The number of urea groups is 1. The van der Waals surface area contributed by atoms with Gasteiger partial charge in [0, 0.05) is 23.1 Å². The van der Waals surface area contributed by atoms with Crippen molar-refractivity contribution in [2.24, 2.45) is 0 Å². The van der Waals surface area contributed by atoms with Crippen molar-refractivity contribution in [2.75, 3.05) is 20.3 Å².